The van der Waals surface area contributed by atoms with Crippen molar-refractivity contribution in [1.82, 2.24) is 25.8 Å². The van der Waals surface area contributed by atoms with Crippen LogP contribution in [0.25, 0.3) is 0 Å². The van der Waals surface area contributed by atoms with Crippen LogP contribution < -0.4 is 27.0 Å². The van der Waals surface area contributed by atoms with E-state index in [0.29, 0.717) is 48.4 Å². The Balaban J connectivity index is 1.51. The third-order valence-electron chi connectivity index (χ3n) is 7.73. The number of hydrogen-bond acceptors (Lipinski definition) is 8. The summed E-state index contributed by atoms with van der Waals surface area (Å²) in [6.07, 6.45) is 4.40. The molecule has 0 radical (unpaired) electrons. The van der Waals surface area contributed by atoms with Gasteiger partial charge in [-0.05, 0) is 49.3 Å². The summed E-state index contributed by atoms with van der Waals surface area (Å²) in [7, 11) is 0. The number of benzene rings is 1. The molecule has 1 saturated heterocycles. The quantitative estimate of drug-likeness (QED) is 0.0642. The highest BCUT2D eigenvalue weighted by molar-refractivity contribution is 14.1. The highest BCUT2D eigenvalue weighted by Crippen LogP contribution is 2.18. The maximum Gasteiger partial charge on any atom is 0.410 e. The lowest BCUT2D eigenvalue weighted by Crippen LogP contribution is -2.54. The lowest BCUT2D eigenvalue weighted by molar-refractivity contribution is -0.137. The van der Waals surface area contributed by atoms with E-state index in [2.05, 4.69) is 43.9 Å². The normalized spacial score (nSPS) is 15.5. The minimum absolute atomic E-state index is 0.0850. The standard InChI is InChI=1S/C32H44IN7O8/c1-20(2)28(38-25(41)8-4-3-5-16-40-26(42)13-14-27(40)43)30(45)37-24(7-6-15-35-31(34)46)29(44)36-23-11-9-21(10-12-23)19-48-32(47)39-17-22(33)18-39/h9-14,20,22,24,28H,3-8,15-19H2,1-2H3,(H,36,44)(H,37,45)(H,38,41)(H3,34,35,46)/t24-,28-/m0/s1. The summed E-state index contributed by atoms with van der Waals surface area (Å²) < 4.78 is 5.78. The molecule has 3 rings (SSSR count). The number of amides is 8. The number of anilines is 1. The smallest absolute Gasteiger partial charge is 0.410 e. The van der Waals surface area contributed by atoms with Crippen LogP contribution in [0.2, 0.25) is 0 Å². The molecule has 0 aliphatic carbocycles. The molecule has 1 fully saturated rings. The van der Waals surface area contributed by atoms with Crippen LogP contribution in [0.1, 0.15) is 57.9 Å². The Kier molecular flexibility index (Phi) is 15.1. The Morgan fingerprint density at radius 3 is 2.21 bits per heavy atom. The van der Waals surface area contributed by atoms with E-state index in [-0.39, 0.29) is 62.3 Å². The first-order chi connectivity index (χ1) is 22.8. The summed E-state index contributed by atoms with van der Waals surface area (Å²) in [6, 6.07) is 4.15. The molecule has 16 heteroatoms. The van der Waals surface area contributed by atoms with Gasteiger partial charge in [0.05, 0.1) is 0 Å². The van der Waals surface area contributed by atoms with Crippen molar-refractivity contribution in [3.8, 4) is 0 Å². The van der Waals surface area contributed by atoms with Gasteiger partial charge in [0.15, 0.2) is 0 Å². The second-order valence-electron chi connectivity index (χ2n) is 12.0. The molecule has 2 aliphatic rings. The minimum Gasteiger partial charge on any atom is -0.445 e. The van der Waals surface area contributed by atoms with Crippen molar-refractivity contribution in [3.05, 3.63) is 42.0 Å². The van der Waals surface area contributed by atoms with Gasteiger partial charge in [0, 0.05) is 54.4 Å². The van der Waals surface area contributed by atoms with E-state index >= 15 is 0 Å². The van der Waals surface area contributed by atoms with Gasteiger partial charge >= 0.3 is 12.1 Å². The van der Waals surface area contributed by atoms with Crippen molar-refractivity contribution < 1.29 is 38.3 Å². The van der Waals surface area contributed by atoms with Gasteiger partial charge in [0.1, 0.15) is 18.7 Å². The van der Waals surface area contributed by atoms with Gasteiger partial charge in [-0.3, -0.25) is 28.9 Å². The monoisotopic (exact) mass is 781 g/mol. The molecular weight excluding hydrogens is 737 g/mol. The number of primary amides is 1. The van der Waals surface area contributed by atoms with Crippen molar-refractivity contribution in [1.29, 1.82) is 0 Å². The molecule has 1 aromatic rings. The van der Waals surface area contributed by atoms with Gasteiger partial charge in [0.25, 0.3) is 11.8 Å². The molecule has 0 spiro atoms. The van der Waals surface area contributed by atoms with Gasteiger partial charge < -0.3 is 36.6 Å². The van der Waals surface area contributed by atoms with E-state index in [1.807, 2.05) is 0 Å². The first kappa shape index (κ1) is 38.2. The molecule has 1 aromatic carbocycles. The Hall–Kier alpha value is -4.22. The van der Waals surface area contributed by atoms with Gasteiger partial charge in [-0.1, -0.05) is 55.0 Å². The topological polar surface area (TPSA) is 209 Å². The number of nitrogens with zero attached hydrogens (tertiary/aromatic N) is 2. The summed E-state index contributed by atoms with van der Waals surface area (Å²) in [5, 5.41) is 10.8. The maximum absolute atomic E-state index is 13.4. The summed E-state index contributed by atoms with van der Waals surface area (Å²) in [4.78, 5) is 88.7. The molecule has 0 aromatic heterocycles. The van der Waals surface area contributed by atoms with Crippen molar-refractivity contribution in [2.75, 3.05) is 31.5 Å². The van der Waals surface area contributed by atoms with E-state index in [0.717, 1.165) is 10.5 Å². The molecule has 2 atom stereocenters. The number of nitrogens with one attached hydrogen (secondary N) is 4. The molecule has 6 N–H and O–H groups in total. The van der Waals surface area contributed by atoms with Crippen LogP contribution in [0.4, 0.5) is 15.3 Å². The third kappa shape index (κ3) is 12.4. The predicted octanol–water partition coefficient (Wildman–Crippen LogP) is 1.94. The highest BCUT2D eigenvalue weighted by Gasteiger charge is 2.30. The van der Waals surface area contributed by atoms with E-state index < -0.39 is 29.9 Å². The van der Waals surface area contributed by atoms with Gasteiger partial charge in [-0.25, -0.2) is 9.59 Å². The lowest BCUT2D eigenvalue weighted by Gasteiger charge is -2.34. The number of urea groups is 1. The van der Waals surface area contributed by atoms with E-state index in [1.165, 1.54) is 12.2 Å². The molecule has 262 valence electrons. The number of nitrogens with two attached hydrogens (primary N) is 1. The maximum atomic E-state index is 13.4. The molecule has 2 aliphatic heterocycles. The molecule has 0 saturated carbocycles. The number of carbonyl (C=O) groups is 7. The first-order valence-corrected chi connectivity index (χ1v) is 17.2. The van der Waals surface area contributed by atoms with Crippen LogP contribution >= 0.6 is 22.6 Å². The van der Waals surface area contributed by atoms with Crippen LogP contribution in [0.3, 0.4) is 0 Å². The number of rotatable bonds is 18. The number of imide groups is 1. The zero-order chi connectivity index (χ0) is 35.2. The zero-order valence-corrected chi connectivity index (χ0v) is 29.3. The summed E-state index contributed by atoms with van der Waals surface area (Å²) in [5.74, 6) is -2.34. The van der Waals surface area contributed by atoms with Gasteiger partial charge in [0.2, 0.25) is 17.7 Å². The second kappa shape index (κ2) is 18.9. The fraction of sp³-hybridized carbons (Fsp3) is 0.531. The van der Waals surface area contributed by atoms with E-state index in [9.17, 15) is 33.6 Å². The largest absolute Gasteiger partial charge is 0.445 e. The van der Waals surface area contributed by atoms with E-state index in [4.69, 9.17) is 10.5 Å². The average Bonchev–Trinajstić information content (AvgIpc) is 3.34. The minimum atomic E-state index is -0.991. The van der Waals surface area contributed by atoms with Crippen molar-refractivity contribution >= 4 is 69.9 Å². The van der Waals surface area contributed by atoms with Crippen LogP contribution in [-0.2, 0) is 35.3 Å². The van der Waals surface area contributed by atoms with Crippen LogP contribution in [-0.4, -0.2) is 93.6 Å². The van der Waals surface area contributed by atoms with Crippen LogP contribution in [0.5, 0.6) is 0 Å². The van der Waals surface area contributed by atoms with Crippen LogP contribution in [0.15, 0.2) is 36.4 Å². The SMILES string of the molecule is CC(C)[C@H](NC(=O)CCCCCN1C(=O)C=CC1=O)C(=O)N[C@@H](CCCNC(N)=O)C(=O)Nc1ccc(COC(=O)N2CC(I)C2)cc1. The number of unbranched alkanes of at least 4 members (excludes halogenated alkanes) is 2. The molecule has 15 nitrogen and oxygen atoms in total. The molecule has 48 heavy (non-hydrogen) atoms. The number of likely N-dealkylation sites (tertiary alicyclic amines) is 1. The Morgan fingerprint density at radius 2 is 1.60 bits per heavy atom. The Labute approximate surface area is 293 Å². The van der Waals surface area contributed by atoms with Crippen molar-refractivity contribution in [3.63, 3.8) is 0 Å². The number of ether oxygens (including phenoxy) is 1. The number of hydrogen-bond donors (Lipinski definition) is 5. The third-order valence-corrected chi connectivity index (χ3v) is 8.52. The van der Waals surface area contributed by atoms with Gasteiger partial charge in [-0.15, -0.1) is 0 Å². The second-order valence-corrected chi connectivity index (χ2v) is 13.8. The zero-order valence-electron chi connectivity index (χ0n) is 27.2. The molecule has 2 heterocycles. The number of halogens is 1. The summed E-state index contributed by atoms with van der Waals surface area (Å²) in [5.41, 5.74) is 6.34. The summed E-state index contributed by atoms with van der Waals surface area (Å²) >= 11 is 2.28. The molecular formula is C32H44IN7O8. The first-order valence-electron chi connectivity index (χ1n) is 16.0. The molecule has 8 amide bonds. The van der Waals surface area contributed by atoms with Crippen LogP contribution in [0, 0.1) is 5.92 Å². The Morgan fingerprint density at radius 1 is 0.938 bits per heavy atom. The molecule has 0 unspecified atom stereocenters. The van der Waals surface area contributed by atoms with Crippen molar-refractivity contribution in [2.45, 2.75) is 75.0 Å². The highest BCUT2D eigenvalue weighted by atomic mass is 127. The van der Waals surface area contributed by atoms with Crippen molar-refractivity contribution in [2.24, 2.45) is 11.7 Å². The Bertz CT molecular complexity index is 1350. The fourth-order valence-electron chi connectivity index (χ4n) is 4.94. The molecule has 0 bridgehead atoms. The lowest BCUT2D eigenvalue weighted by atomic mass is 10.0. The number of carbonyl (C=O) groups excluding carboxylic acids is 7. The fourth-order valence-corrected chi connectivity index (χ4v) is 5.89. The average molecular weight is 782 g/mol. The number of alkyl halides is 1. The predicted molar refractivity (Wildman–Crippen MR) is 184 cm³/mol. The summed E-state index contributed by atoms with van der Waals surface area (Å²) in [6.45, 7) is 5.44. The van der Waals surface area contributed by atoms with Gasteiger partial charge in [-0.2, -0.15) is 0 Å². The van der Waals surface area contributed by atoms with E-state index in [1.54, 1.807) is 43.0 Å².